The number of aromatic nitrogens is 3. The fraction of sp³-hybridized carbons (Fsp3) is 0.333. The number of carbonyl (C=O) groups excluding carboxylic acids is 1. The van der Waals surface area contributed by atoms with Crippen molar-refractivity contribution in [2.75, 3.05) is 25.4 Å². The van der Waals surface area contributed by atoms with Gasteiger partial charge in [-0.05, 0) is 48.7 Å². The highest BCUT2D eigenvalue weighted by molar-refractivity contribution is 7.99. The molecule has 1 aromatic carbocycles. The van der Waals surface area contributed by atoms with E-state index in [0.29, 0.717) is 16.6 Å². The molecular formula is C24H22Cl2F3N5OS. The smallest absolute Gasteiger partial charge is 0.355 e. The Bertz CT molecular complexity index is 1220. The van der Waals surface area contributed by atoms with E-state index in [1.165, 1.54) is 12.3 Å². The fourth-order valence-corrected chi connectivity index (χ4v) is 4.87. The van der Waals surface area contributed by atoms with E-state index in [1.807, 2.05) is 12.1 Å². The number of thioether (sulfide) groups is 1. The first-order valence-corrected chi connectivity index (χ1v) is 12.8. The zero-order chi connectivity index (χ0) is 25.7. The molecule has 0 bridgehead atoms. The monoisotopic (exact) mass is 555 g/mol. The largest absolute Gasteiger partial charge is 0.433 e. The summed E-state index contributed by atoms with van der Waals surface area (Å²) in [5, 5.41) is 3.98. The maximum Gasteiger partial charge on any atom is 0.433 e. The quantitative estimate of drug-likeness (QED) is 0.288. The van der Waals surface area contributed by atoms with Crippen LogP contribution in [0.1, 0.15) is 17.7 Å². The van der Waals surface area contributed by atoms with Crippen LogP contribution in [-0.2, 0) is 17.5 Å². The number of hydrogen-bond acceptors (Lipinski definition) is 6. The molecule has 6 nitrogen and oxygen atoms in total. The third kappa shape index (κ3) is 7.32. The van der Waals surface area contributed by atoms with Gasteiger partial charge in [0.25, 0.3) is 0 Å². The van der Waals surface area contributed by atoms with Crippen molar-refractivity contribution in [3.8, 4) is 11.5 Å². The molecule has 4 rings (SSSR count). The minimum Gasteiger partial charge on any atom is -0.355 e. The van der Waals surface area contributed by atoms with E-state index in [1.54, 1.807) is 18.2 Å². The molecule has 3 heterocycles. The second-order valence-electron chi connectivity index (χ2n) is 8.36. The number of rotatable bonds is 8. The summed E-state index contributed by atoms with van der Waals surface area (Å²) >= 11 is 13.0. The lowest BCUT2D eigenvalue weighted by atomic mass is 10.1. The number of alkyl halides is 3. The SMILES string of the molecule is O=C(CSc1cc(C(F)(F)F)nc(-c2ccccn2)n1)NCC1CCN(Cc2ccc(Cl)c(Cl)c2)C1. The first-order chi connectivity index (χ1) is 17.2. The van der Waals surface area contributed by atoms with Gasteiger partial charge in [-0.15, -0.1) is 0 Å². The van der Waals surface area contributed by atoms with Crippen LogP contribution in [0.4, 0.5) is 13.2 Å². The zero-order valence-corrected chi connectivity index (χ0v) is 21.3. The first kappa shape index (κ1) is 26.7. The van der Waals surface area contributed by atoms with Gasteiger partial charge < -0.3 is 5.32 Å². The van der Waals surface area contributed by atoms with Crippen LogP contribution in [0.25, 0.3) is 11.5 Å². The number of nitrogens with one attached hydrogen (secondary N) is 1. The Morgan fingerprint density at radius 2 is 1.97 bits per heavy atom. The van der Waals surface area contributed by atoms with Gasteiger partial charge in [0.2, 0.25) is 5.91 Å². The van der Waals surface area contributed by atoms with Crippen molar-refractivity contribution in [3.05, 3.63) is 70.0 Å². The molecular weight excluding hydrogens is 534 g/mol. The second kappa shape index (κ2) is 11.8. The van der Waals surface area contributed by atoms with Gasteiger partial charge >= 0.3 is 6.18 Å². The van der Waals surface area contributed by atoms with Crippen LogP contribution in [0, 0.1) is 5.92 Å². The average molecular weight is 556 g/mol. The minimum atomic E-state index is -4.64. The van der Waals surface area contributed by atoms with Crippen molar-refractivity contribution in [2.24, 2.45) is 5.92 Å². The van der Waals surface area contributed by atoms with E-state index >= 15 is 0 Å². The van der Waals surface area contributed by atoms with Crippen molar-refractivity contribution < 1.29 is 18.0 Å². The predicted octanol–water partition coefficient (Wildman–Crippen LogP) is 5.59. The third-order valence-electron chi connectivity index (χ3n) is 5.59. The lowest BCUT2D eigenvalue weighted by Crippen LogP contribution is -2.32. The van der Waals surface area contributed by atoms with Gasteiger partial charge in [-0.3, -0.25) is 14.7 Å². The Balaban J connectivity index is 1.29. The van der Waals surface area contributed by atoms with Gasteiger partial charge in [-0.2, -0.15) is 13.2 Å². The topological polar surface area (TPSA) is 71.0 Å². The van der Waals surface area contributed by atoms with Crippen LogP contribution in [0.15, 0.2) is 53.7 Å². The van der Waals surface area contributed by atoms with Gasteiger partial charge in [-0.1, -0.05) is 47.1 Å². The summed E-state index contributed by atoms with van der Waals surface area (Å²) in [7, 11) is 0. The molecule has 36 heavy (non-hydrogen) atoms. The second-order valence-corrected chi connectivity index (χ2v) is 10.2. The highest BCUT2D eigenvalue weighted by Crippen LogP contribution is 2.31. The maximum absolute atomic E-state index is 13.3. The molecule has 1 aliphatic heterocycles. The number of hydrogen-bond donors (Lipinski definition) is 1. The van der Waals surface area contributed by atoms with Crippen molar-refractivity contribution in [1.29, 1.82) is 0 Å². The Morgan fingerprint density at radius 3 is 2.69 bits per heavy atom. The van der Waals surface area contributed by atoms with Crippen molar-refractivity contribution in [3.63, 3.8) is 0 Å². The van der Waals surface area contributed by atoms with E-state index in [0.717, 1.165) is 49.4 Å². The van der Waals surface area contributed by atoms with Crippen molar-refractivity contribution in [2.45, 2.75) is 24.2 Å². The molecule has 1 amide bonds. The van der Waals surface area contributed by atoms with Gasteiger partial charge in [0, 0.05) is 31.9 Å². The zero-order valence-electron chi connectivity index (χ0n) is 18.9. The summed E-state index contributed by atoms with van der Waals surface area (Å²) in [5.74, 6) is -0.181. The van der Waals surface area contributed by atoms with Gasteiger partial charge in [0.05, 0.1) is 15.8 Å². The average Bonchev–Trinajstić information content (AvgIpc) is 3.31. The highest BCUT2D eigenvalue weighted by atomic mass is 35.5. The summed E-state index contributed by atoms with van der Waals surface area (Å²) in [6, 6.07) is 11.2. The van der Waals surface area contributed by atoms with E-state index in [4.69, 9.17) is 23.2 Å². The number of amides is 1. The lowest BCUT2D eigenvalue weighted by molar-refractivity contribution is -0.141. The molecule has 0 spiro atoms. The Kier molecular flexibility index (Phi) is 8.71. The molecule has 0 saturated carbocycles. The van der Waals surface area contributed by atoms with Crippen LogP contribution in [0.2, 0.25) is 10.0 Å². The summed E-state index contributed by atoms with van der Waals surface area (Å²) in [4.78, 5) is 26.5. The third-order valence-corrected chi connectivity index (χ3v) is 7.24. The Morgan fingerprint density at radius 1 is 1.14 bits per heavy atom. The number of nitrogens with zero attached hydrogens (tertiary/aromatic N) is 4. The lowest BCUT2D eigenvalue weighted by Gasteiger charge is -2.17. The molecule has 1 N–H and O–H groups in total. The molecule has 1 aliphatic rings. The Hall–Kier alpha value is -2.40. The molecule has 190 valence electrons. The standard InChI is InChI=1S/C24H22Cl2F3N5OS/c25-17-5-4-15(9-18(17)26)12-34-8-6-16(13-34)11-31-21(35)14-36-22-10-20(24(27,28)29)32-23(33-22)19-3-1-2-7-30-19/h1-5,7,9-10,16H,6,8,11-14H2,(H,31,35). The minimum absolute atomic E-state index is 0.0572. The van der Waals surface area contributed by atoms with Crippen LogP contribution in [0.3, 0.4) is 0 Å². The maximum atomic E-state index is 13.3. The summed E-state index contributed by atoms with van der Waals surface area (Å²) in [6.07, 6.45) is -2.26. The molecule has 1 fully saturated rings. The van der Waals surface area contributed by atoms with Gasteiger partial charge in [0.15, 0.2) is 5.82 Å². The molecule has 3 aromatic rings. The van der Waals surface area contributed by atoms with Crippen molar-refractivity contribution in [1.82, 2.24) is 25.2 Å². The van der Waals surface area contributed by atoms with E-state index in [-0.39, 0.29) is 34.1 Å². The van der Waals surface area contributed by atoms with Gasteiger partial charge in [-0.25, -0.2) is 9.97 Å². The number of pyridine rings is 1. The highest BCUT2D eigenvalue weighted by Gasteiger charge is 2.34. The van der Waals surface area contributed by atoms with Crippen LogP contribution < -0.4 is 5.32 Å². The summed E-state index contributed by atoms with van der Waals surface area (Å²) in [6.45, 7) is 2.95. The molecule has 1 atom stereocenters. The molecule has 12 heteroatoms. The normalized spacial score (nSPS) is 16.3. The molecule has 0 radical (unpaired) electrons. The summed E-state index contributed by atoms with van der Waals surface area (Å²) in [5.41, 5.74) is 0.217. The van der Waals surface area contributed by atoms with E-state index < -0.39 is 11.9 Å². The summed E-state index contributed by atoms with van der Waals surface area (Å²) < 4.78 is 40.0. The fourth-order valence-electron chi connectivity index (χ4n) is 3.82. The van der Waals surface area contributed by atoms with Crippen LogP contribution in [-0.4, -0.2) is 51.1 Å². The first-order valence-electron chi connectivity index (χ1n) is 11.1. The van der Waals surface area contributed by atoms with Crippen LogP contribution >= 0.6 is 35.0 Å². The number of halogens is 5. The molecule has 0 aliphatic carbocycles. The molecule has 1 unspecified atom stereocenters. The molecule has 2 aromatic heterocycles. The Labute approximate surface area is 220 Å². The molecule has 1 saturated heterocycles. The number of carbonyl (C=O) groups is 1. The predicted molar refractivity (Wildman–Crippen MR) is 134 cm³/mol. The van der Waals surface area contributed by atoms with Gasteiger partial charge in [0.1, 0.15) is 16.4 Å². The van der Waals surface area contributed by atoms with Crippen LogP contribution in [0.5, 0.6) is 0 Å². The van der Waals surface area contributed by atoms with E-state index in [2.05, 4.69) is 25.2 Å². The van der Waals surface area contributed by atoms with Crippen molar-refractivity contribution >= 4 is 40.9 Å². The number of benzene rings is 1. The number of likely N-dealkylation sites (tertiary alicyclic amines) is 1. The van der Waals surface area contributed by atoms with E-state index in [9.17, 15) is 18.0 Å².